The molecular weight excluding hydrogens is 403 g/mol. The molecule has 1 amide bonds. The van der Waals surface area contributed by atoms with Crippen LogP contribution in [-0.4, -0.2) is 54.1 Å². The van der Waals surface area contributed by atoms with Crippen LogP contribution in [0.15, 0.2) is 42.6 Å². The van der Waals surface area contributed by atoms with E-state index in [9.17, 15) is 9.18 Å². The molecule has 5 nitrogen and oxygen atoms in total. The molecule has 4 saturated heterocycles. The highest BCUT2D eigenvalue weighted by Crippen LogP contribution is 2.36. The molecule has 0 radical (unpaired) electrons. The Morgan fingerprint density at radius 2 is 1.72 bits per heavy atom. The van der Waals surface area contributed by atoms with Gasteiger partial charge in [-0.25, -0.2) is 9.37 Å². The fourth-order valence-corrected chi connectivity index (χ4v) is 5.72. The summed E-state index contributed by atoms with van der Waals surface area (Å²) in [5.74, 6) is 1.60. The second-order valence-corrected chi connectivity index (χ2v) is 9.94. The van der Waals surface area contributed by atoms with Gasteiger partial charge in [0.25, 0.3) is 0 Å². The molecule has 4 fully saturated rings. The number of halogens is 1. The maximum absolute atomic E-state index is 13.3. The molecule has 1 aromatic carbocycles. The first-order chi connectivity index (χ1) is 15.5. The number of fused-ring (bicyclic) bond motifs is 4. The fraction of sp³-hybridized carbons (Fsp3) is 0.538. The molecule has 32 heavy (non-hydrogen) atoms. The van der Waals surface area contributed by atoms with Gasteiger partial charge in [0.05, 0.1) is 0 Å². The average molecular weight is 437 g/mol. The number of nitrogens with zero attached hydrogens (tertiary/aromatic N) is 3. The highest BCUT2D eigenvalue weighted by Gasteiger charge is 2.42. The zero-order valence-electron chi connectivity index (χ0n) is 18.9. The number of carbonyl (C=O) groups is 1. The predicted octanol–water partition coefficient (Wildman–Crippen LogP) is 4.09. The number of hydrogen-bond donors (Lipinski definition) is 1. The minimum absolute atomic E-state index is 0.0650. The van der Waals surface area contributed by atoms with Crippen molar-refractivity contribution in [2.24, 2.45) is 11.8 Å². The first-order valence-electron chi connectivity index (χ1n) is 12.0. The zero-order chi connectivity index (χ0) is 22.1. The number of hydrogen-bond acceptors (Lipinski definition) is 4. The Morgan fingerprint density at radius 3 is 2.44 bits per heavy atom. The Morgan fingerprint density at radius 1 is 1.00 bits per heavy atom. The second-order valence-electron chi connectivity index (χ2n) is 9.94. The van der Waals surface area contributed by atoms with E-state index in [1.807, 2.05) is 12.3 Å². The Bertz CT molecular complexity index is 949. The maximum Gasteiger partial charge on any atom is 0.223 e. The molecule has 1 aromatic heterocycles. The van der Waals surface area contributed by atoms with Gasteiger partial charge in [-0.3, -0.25) is 4.79 Å². The third-order valence-corrected chi connectivity index (χ3v) is 7.96. The molecule has 2 aromatic rings. The van der Waals surface area contributed by atoms with Crippen molar-refractivity contribution in [2.75, 3.05) is 37.6 Å². The van der Waals surface area contributed by atoms with Gasteiger partial charge in [-0.15, -0.1) is 0 Å². The number of nitrogens with one attached hydrogen (secondary N) is 1. The highest BCUT2D eigenvalue weighted by atomic mass is 19.1. The van der Waals surface area contributed by atoms with Gasteiger partial charge in [0.1, 0.15) is 11.6 Å². The molecule has 1 atom stereocenters. The summed E-state index contributed by atoms with van der Waals surface area (Å²) in [5, 5.41) is 3.49. The SMILES string of the molecule is CC1(NC(=O)C2CCN(c3cc(-c4ccc(F)cc4)ccn3)CC2)CCN2CCC1CC2. The van der Waals surface area contributed by atoms with Crippen LogP contribution in [0.5, 0.6) is 0 Å². The van der Waals surface area contributed by atoms with Gasteiger partial charge in [0, 0.05) is 37.3 Å². The van der Waals surface area contributed by atoms with Gasteiger partial charge in [-0.05, 0) is 93.4 Å². The van der Waals surface area contributed by atoms with Crippen LogP contribution in [0.2, 0.25) is 0 Å². The molecule has 4 aliphatic rings. The summed E-state index contributed by atoms with van der Waals surface area (Å²) in [6.07, 6.45) is 6.96. The van der Waals surface area contributed by atoms with E-state index >= 15 is 0 Å². The summed E-state index contributed by atoms with van der Waals surface area (Å²) < 4.78 is 13.3. The Hall–Kier alpha value is -2.47. The first kappa shape index (κ1) is 21.4. The van der Waals surface area contributed by atoms with Gasteiger partial charge in [-0.1, -0.05) is 12.1 Å². The van der Waals surface area contributed by atoms with Crippen LogP contribution in [0.1, 0.15) is 39.0 Å². The van der Waals surface area contributed by atoms with Crippen LogP contribution in [-0.2, 0) is 4.79 Å². The van der Waals surface area contributed by atoms with Crippen LogP contribution in [0.4, 0.5) is 10.2 Å². The normalized spacial score (nSPS) is 28.4. The molecule has 0 aliphatic carbocycles. The van der Waals surface area contributed by atoms with Gasteiger partial charge >= 0.3 is 0 Å². The van der Waals surface area contributed by atoms with Crippen LogP contribution in [0.3, 0.4) is 0 Å². The lowest BCUT2D eigenvalue weighted by atomic mass is 9.78. The zero-order valence-corrected chi connectivity index (χ0v) is 18.9. The minimum Gasteiger partial charge on any atom is -0.357 e. The van der Waals surface area contributed by atoms with Crippen LogP contribution < -0.4 is 10.2 Å². The largest absolute Gasteiger partial charge is 0.357 e. The molecule has 0 saturated carbocycles. The molecule has 170 valence electrons. The molecule has 6 heteroatoms. The van der Waals surface area contributed by atoms with E-state index in [4.69, 9.17) is 0 Å². The van der Waals surface area contributed by atoms with Crippen molar-refractivity contribution in [1.82, 2.24) is 15.2 Å². The lowest BCUT2D eigenvalue weighted by Gasteiger charge is -2.40. The number of pyridine rings is 1. The monoisotopic (exact) mass is 436 g/mol. The van der Waals surface area contributed by atoms with E-state index in [0.717, 1.165) is 55.8 Å². The number of carbonyl (C=O) groups excluding carboxylic acids is 1. The lowest BCUT2D eigenvalue weighted by molar-refractivity contribution is -0.128. The number of aromatic nitrogens is 1. The van der Waals surface area contributed by atoms with Gasteiger partial charge < -0.3 is 15.1 Å². The number of amides is 1. The molecule has 4 aliphatic heterocycles. The summed E-state index contributed by atoms with van der Waals surface area (Å²) in [6.45, 7) is 7.38. The van der Waals surface area contributed by atoms with E-state index in [1.165, 1.54) is 38.1 Å². The standard InChI is InChI=1S/C26H33FN4O/c1-26(11-17-30-13-9-22(26)10-14-30)29-25(32)20-7-15-31(16-8-20)24-18-21(6-12-28-24)19-2-4-23(27)5-3-19/h2-6,12,18,20,22H,7-11,13-17H2,1H3,(H,29,32). The quantitative estimate of drug-likeness (QED) is 0.784. The fourth-order valence-electron chi connectivity index (χ4n) is 5.72. The molecule has 1 unspecified atom stereocenters. The van der Waals surface area contributed by atoms with Crippen LogP contribution in [0, 0.1) is 17.7 Å². The average Bonchev–Trinajstić information content (AvgIpc) is 3.08. The lowest BCUT2D eigenvalue weighted by Crippen LogP contribution is -2.54. The third-order valence-electron chi connectivity index (χ3n) is 7.96. The third kappa shape index (κ3) is 4.38. The molecule has 1 N–H and O–H groups in total. The predicted molar refractivity (Wildman–Crippen MR) is 125 cm³/mol. The summed E-state index contributed by atoms with van der Waals surface area (Å²) in [6, 6.07) is 10.6. The van der Waals surface area contributed by atoms with Crippen molar-refractivity contribution in [3.8, 4) is 11.1 Å². The Kier molecular flexibility index (Phi) is 5.89. The maximum atomic E-state index is 13.3. The topological polar surface area (TPSA) is 48.5 Å². The van der Waals surface area contributed by atoms with Gasteiger partial charge in [0.2, 0.25) is 5.91 Å². The second kappa shape index (κ2) is 8.81. The summed E-state index contributed by atoms with van der Waals surface area (Å²) in [5.41, 5.74) is 1.94. The Labute approximate surface area is 190 Å². The highest BCUT2D eigenvalue weighted by molar-refractivity contribution is 5.80. The summed E-state index contributed by atoms with van der Waals surface area (Å²) in [7, 11) is 0. The number of piperidine rings is 2. The van der Waals surface area contributed by atoms with Gasteiger partial charge in [-0.2, -0.15) is 0 Å². The van der Waals surface area contributed by atoms with Crippen LogP contribution >= 0.6 is 0 Å². The van der Waals surface area contributed by atoms with Crippen molar-refractivity contribution in [3.05, 3.63) is 48.4 Å². The summed E-state index contributed by atoms with van der Waals surface area (Å²) in [4.78, 5) is 22.5. The van der Waals surface area contributed by atoms with Crippen LogP contribution in [0.25, 0.3) is 11.1 Å². The number of rotatable bonds is 4. The molecule has 6 rings (SSSR count). The van der Waals surface area contributed by atoms with E-state index in [0.29, 0.717) is 5.92 Å². The molecular formula is C26H33FN4O. The van der Waals surface area contributed by atoms with Gasteiger partial charge in [0.15, 0.2) is 0 Å². The smallest absolute Gasteiger partial charge is 0.223 e. The van der Waals surface area contributed by atoms with Crippen molar-refractivity contribution in [1.29, 1.82) is 0 Å². The molecule has 5 heterocycles. The molecule has 0 spiro atoms. The van der Waals surface area contributed by atoms with Crippen molar-refractivity contribution >= 4 is 11.7 Å². The Balaban J connectivity index is 1.20. The van der Waals surface area contributed by atoms with Crippen molar-refractivity contribution in [2.45, 2.75) is 44.6 Å². The van der Waals surface area contributed by atoms with Crippen molar-refractivity contribution < 1.29 is 9.18 Å². The molecule has 2 bridgehead atoms. The first-order valence-corrected chi connectivity index (χ1v) is 12.0. The number of anilines is 1. The van der Waals surface area contributed by atoms with E-state index in [2.05, 4.69) is 33.1 Å². The van der Waals surface area contributed by atoms with E-state index < -0.39 is 0 Å². The van der Waals surface area contributed by atoms with Crippen molar-refractivity contribution in [3.63, 3.8) is 0 Å². The van der Waals surface area contributed by atoms with E-state index in [-0.39, 0.29) is 23.2 Å². The van der Waals surface area contributed by atoms with E-state index in [1.54, 1.807) is 12.1 Å². The summed E-state index contributed by atoms with van der Waals surface area (Å²) >= 11 is 0. The minimum atomic E-state index is -0.230. The number of benzene rings is 1.